The van der Waals surface area contributed by atoms with Crippen LogP contribution in [0.25, 0.3) is 22.3 Å². The van der Waals surface area contributed by atoms with Gasteiger partial charge in [-0.3, -0.25) is 4.79 Å². The number of ether oxygens (including phenoxy) is 1. The van der Waals surface area contributed by atoms with Crippen molar-refractivity contribution in [2.45, 2.75) is 12.8 Å². The first kappa shape index (κ1) is 15.3. The molecule has 0 bridgehead atoms. The fourth-order valence-electron chi connectivity index (χ4n) is 2.62. The smallest absolute Gasteiger partial charge is 0.193 e. The summed E-state index contributed by atoms with van der Waals surface area (Å²) >= 11 is 0. The molecule has 0 atom stereocenters. The van der Waals surface area contributed by atoms with Crippen LogP contribution in [0.5, 0.6) is 5.75 Å². The Morgan fingerprint density at radius 3 is 2.74 bits per heavy atom. The summed E-state index contributed by atoms with van der Waals surface area (Å²) in [6.45, 7) is 0.142. The second-order valence-corrected chi connectivity index (χ2v) is 5.33. The van der Waals surface area contributed by atoms with E-state index in [0.29, 0.717) is 28.9 Å². The normalized spacial score (nSPS) is 10.9. The predicted molar refractivity (Wildman–Crippen MR) is 89.9 cm³/mol. The van der Waals surface area contributed by atoms with Gasteiger partial charge in [0, 0.05) is 12.7 Å². The van der Waals surface area contributed by atoms with E-state index in [4.69, 9.17) is 14.3 Å². The Morgan fingerprint density at radius 1 is 1.13 bits per heavy atom. The summed E-state index contributed by atoms with van der Waals surface area (Å²) in [4.78, 5) is 12.4. The fourth-order valence-corrected chi connectivity index (χ4v) is 2.62. The highest BCUT2D eigenvalue weighted by Crippen LogP contribution is 2.30. The highest BCUT2D eigenvalue weighted by Gasteiger charge is 2.11. The molecule has 0 aliphatic heterocycles. The summed E-state index contributed by atoms with van der Waals surface area (Å²) in [7, 11) is 1.59. The fraction of sp³-hybridized carbons (Fsp3) is 0.211. The summed E-state index contributed by atoms with van der Waals surface area (Å²) in [6, 6.07) is 14.5. The number of para-hydroxylation sites is 1. The first-order valence-corrected chi connectivity index (χ1v) is 7.54. The third-order valence-corrected chi connectivity index (χ3v) is 3.79. The van der Waals surface area contributed by atoms with Crippen molar-refractivity contribution < 1.29 is 14.3 Å². The molecule has 1 N–H and O–H groups in total. The minimum atomic E-state index is -0.0825. The van der Waals surface area contributed by atoms with Gasteiger partial charge in [-0.1, -0.05) is 18.2 Å². The van der Waals surface area contributed by atoms with Crippen LogP contribution in [-0.4, -0.2) is 18.8 Å². The molecule has 0 fully saturated rings. The van der Waals surface area contributed by atoms with Crippen LogP contribution in [0.3, 0.4) is 0 Å². The molecular weight excluding hydrogens is 292 g/mol. The second kappa shape index (κ2) is 6.67. The molecule has 2 aromatic carbocycles. The summed E-state index contributed by atoms with van der Waals surface area (Å²) in [5.74, 6) is 1.14. The number of aliphatic hydroxyl groups is 1. The number of aliphatic hydroxyl groups excluding tert-OH is 1. The van der Waals surface area contributed by atoms with Crippen LogP contribution in [0, 0.1) is 0 Å². The Kier molecular flexibility index (Phi) is 4.44. The quantitative estimate of drug-likeness (QED) is 0.784. The van der Waals surface area contributed by atoms with Gasteiger partial charge < -0.3 is 14.3 Å². The lowest BCUT2D eigenvalue weighted by atomic mass is 10.1. The monoisotopic (exact) mass is 310 g/mol. The molecule has 23 heavy (non-hydrogen) atoms. The van der Waals surface area contributed by atoms with E-state index in [2.05, 4.69) is 0 Å². The van der Waals surface area contributed by atoms with Crippen molar-refractivity contribution in [2.24, 2.45) is 0 Å². The van der Waals surface area contributed by atoms with E-state index in [1.54, 1.807) is 13.2 Å². The minimum Gasteiger partial charge on any atom is -0.496 e. The van der Waals surface area contributed by atoms with Crippen LogP contribution in [0.2, 0.25) is 0 Å². The molecule has 118 valence electrons. The molecule has 4 nitrogen and oxygen atoms in total. The van der Waals surface area contributed by atoms with Crippen molar-refractivity contribution in [1.82, 2.24) is 0 Å². The number of aryl methyl sites for hydroxylation is 1. The molecule has 0 spiro atoms. The molecule has 1 aromatic heterocycles. The molecule has 0 saturated heterocycles. The summed E-state index contributed by atoms with van der Waals surface area (Å²) < 4.78 is 11.3. The maximum Gasteiger partial charge on any atom is 0.193 e. The molecular formula is C19H18O4. The third kappa shape index (κ3) is 3.12. The van der Waals surface area contributed by atoms with Gasteiger partial charge in [0.15, 0.2) is 5.43 Å². The van der Waals surface area contributed by atoms with E-state index in [1.807, 2.05) is 36.4 Å². The van der Waals surface area contributed by atoms with E-state index in [1.165, 1.54) is 6.07 Å². The van der Waals surface area contributed by atoms with Crippen molar-refractivity contribution in [1.29, 1.82) is 0 Å². The van der Waals surface area contributed by atoms with Gasteiger partial charge in [-0.05, 0) is 42.7 Å². The van der Waals surface area contributed by atoms with Crippen molar-refractivity contribution >= 4 is 11.0 Å². The predicted octanol–water partition coefficient (Wildman–Crippen LogP) is 3.39. The maximum absolute atomic E-state index is 12.4. The first-order chi connectivity index (χ1) is 11.2. The van der Waals surface area contributed by atoms with Gasteiger partial charge in [-0.25, -0.2) is 0 Å². The van der Waals surface area contributed by atoms with E-state index >= 15 is 0 Å². The average Bonchev–Trinajstić information content (AvgIpc) is 2.59. The van der Waals surface area contributed by atoms with Crippen LogP contribution in [0.1, 0.15) is 12.0 Å². The van der Waals surface area contributed by atoms with Gasteiger partial charge in [0.1, 0.15) is 17.1 Å². The first-order valence-electron chi connectivity index (χ1n) is 7.54. The Labute approximate surface area is 134 Å². The largest absolute Gasteiger partial charge is 0.496 e. The lowest BCUT2D eigenvalue weighted by Gasteiger charge is -2.08. The standard InChI is InChI=1S/C19H18O4/c1-22-17-7-3-2-6-15(17)19-12-16(21)14-9-8-13(5-4-10-20)11-18(14)23-19/h2-3,6-9,11-12,20H,4-5,10H2,1H3. The van der Waals surface area contributed by atoms with Gasteiger partial charge in [0.05, 0.1) is 18.1 Å². The Bertz CT molecular complexity index is 880. The van der Waals surface area contributed by atoms with Gasteiger partial charge in [-0.15, -0.1) is 0 Å². The number of benzene rings is 2. The zero-order chi connectivity index (χ0) is 16.2. The molecule has 0 radical (unpaired) electrons. The summed E-state index contributed by atoms with van der Waals surface area (Å²) in [5.41, 5.74) is 2.25. The molecule has 3 rings (SSSR count). The molecule has 3 aromatic rings. The van der Waals surface area contributed by atoms with E-state index < -0.39 is 0 Å². The molecule has 4 heteroatoms. The van der Waals surface area contributed by atoms with E-state index in [0.717, 1.165) is 17.5 Å². The van der Waals surface area contributed by atoms with Crippen LogP contribution in [0.15, 0.2) is 57.7 Å². The summed E-state index contributed by atoms with van der Waals surface area (Å²) in [6.07, 6.45) is 1.43. The van der Waals surface area contributed by atoms with Crippen LogP contribution in [-0.2, 0) is 6.42 Å². The lowest BCUT2D eigenvalue weighted by molar-refractivity contribution is 0.288. The highest BCUT2D eigenvalue weighted by atomic mass is 16.5. The van der Waals surface area contributed by atoms with Crippen LogP contribution < -0.4 is 10.2 Å². The molecule has 0 saturated carbocycles. The Morgan fingerprint density at radius 2 is 1.96 bits per heavy atom. The molecule has 0 aliphatic carbocycles. The Balaban J connectivity index is 2.13. The zero-order valence-electron chi connectivity index (χ0n) is 12.9. The van der Waals surface area contributed by atoms with E-state index in [-0.39, 0.29) is 12.0 Å². The van der Waals surface area contributed by atoms with E-state index in [9.17, 15) is 4.79 Å². The molecule has 0 amide bonds. The average molecular weight is 310 g/mol. The number of methoxy groups -OCH3 is 1. The maximum atomic E-state index is 12.4. The Hall–Kier alpha value is -2.59. The molecule has 0 unspecified atom stereocenters. The number of hydrogen-bond donors (Lipinski definition) is 1. The van der Waals surface area contributed by atoms with Crippen LogP contribution >= 0.6 is 0 Å². The van der Waals surface area contributed by atoms with Gasteiger partial charge >= 0.3 is 0 Å². The molecule has 0 aliphatic rings. The molecule has 1 heterocycles. The highest BCUT2D eigenvalue weighted by molar-refractivity contribution is 5.80. The number of rotatable bonds is 5. The summed E-state index contributed by atoms with van der Waals surface area (Å²) in [5, 5.41) is 9.50. The van der Waals surface area contributed by atoms with Gasteiger partial charge in [0.25, 0.3) is 0 Å². The number of fused-ring (bicyclic) bond motifs is 1. The topological polar surface area (TPSA) is 59.7 Å². The second-order valence-electron chi connectivity index (χ2n) is 5.33. The third-order valence-electron chi connectivity index (χ3n) is 3.79. The van der Waals surface area contributed by atoms with Gasteiger partial charge in [0.2, 0.25) is 0 Å². The van der Waals surface area contributed by atoms with Crippen molar-refractivity contribution in [3.05, 3.63) is 64.3 Å². The van der Waals surface area contributed by atoms with Crippen LogP contribution in [0.4, 0.5) is 0 Å². The SMILES string of the molecule is COc1ccccc1-c1cc(=O)c2ccc(CCCO)cc2o1. The minimum absolute atomic E-state index is 0.0825. The van der Waals surface area contributed by atoms with Gasteiger partial charge in [-0.2, -0.15) is 0 Å². The van der Waals surface area contributed by atoms with Crippen molar-refractivity contribution in [3.8, 4) is 17.1 Å². The number of hydrogen-bond acceptors (Lipinski definition) is 4. The van der Waals surface area contributed by atoms with Crippen molar-refractivity contribution in [2.75, 3.05) is 13.7 Å². The lowest BCUT2D eigenvalue weighted by Crippen LogP contribution is -2.01. The van der Waals surface area contributed by atoms with Crippen molar-refractivity contribution in [3.63, 3.8) is 0 Å². The zero-order valence-corrected chi connectivity index (χ0v) is 12.9.